The summed E-state index contributed by atoms with van der Waals surface area (Å²) in [7, 11) is 0. The number of nitrogens with one attached hydrogen (secondary N) is 2. The van der Waals surface area contributed by atoms with E-state index in [1.54, 1.807) is 18.2 Å². The van der Waals surface area contributed by atoms with Crippen LogP contribution in [0, 0.1) is 6.92 Å². The molecule has 0 saturated heterocycles. The molecule has 1 aromatic heterocycles. The van der Waals surface area contributed by atoms with Gasteiger partial charge in [0.15, 0.2) is 0 Å². The Morgan fingerprint density at radius 1 is 1.10 bits per heavy atom. The third-order valence-electron chi connectivity index (χ3n) is 2.45. The predicted octanol–water partition coefficient (Wildman–Crippen LogP) is 0.944. The Balaban J connectivity index is 2.04. The summed E-state index contributed by atoms with van der Waals surface area (Å²) >= 11 is 0. The molecular formula is C13H13N5O2. The number of nitrogens with two attached hydrogens (primary N) is 1. The monoisotopic (exact) mass is 271 g/mol. The molecule has 1 aromatic carbocycles. The van der Waals surface area contributed by atoms with Crippen molar-refractivity contribution in [1.82, 2.24) is 9.97 Å². The van der Waals surface area contributed by atoms with Gasteiger partial charge in [0.05, 0.1) is 11.4 Å². The number of carbonyl (C=O) groups is 2. The van der Waals surface area contributed by atoms with Gasteiger partial charge in [0.1, 0.15) is 0 Å². The van der Waals surface area contributed by atoms with Gasteiger partial charge in [0.25, 0.3) is 0 Å². The molecule has 1 heterocycles. The highest BCUT2D eigenvalue weighted by Crippen LogP contribution is 2.19. The zero-order valence-electron chi connectivity index (χ0n) is 10.8. The predicted molar refractivity (Wildman–Crippen MR) is 74.9 cm³/mol. The molecule has 0 atom stereocenters. The van der Waals surface area contributed by atoms with Crippen LogP contribution in [0.3, 0.4) is 0 Å². The number of nitrogens with zero attached hydrogens (tertiary/aromatic N) is 2. The first kappa shape index (κ1) is 13.5. The molecule has 0 unspecified atom stereocenters. The molecule has 0 spiro atoms. The van der Waals surface area contributed by atoms with Gasteiger partial charge in [0.2, 0.25) is 5.95 Å². The fraction of sp³-hybridized carbons (Fsp3) is 0.0769. The Labute approximate surface area is 115 Å². The topological polar surface area (TPSA) is 110 Å². The van der Waals surface area contributed by atoms with Crippen LogP contribution in [0.2, 0.25) is 0 Å². The Bertz CT molecular complexity index is 642. The molecule has 0 aliphatic heterocycles. The van der Waals surface area contributed by atoms with Crippen LogP contribution in [-0.4, -0.2) is 21.8 Å². The van der Waals surface area contributed by atoms with Crippen molar-refractivity contribution in [2.45, 2.75) is 6.92 Å². The fourth-order valence-corrected chi connectivity index (χ4v) is 1.48. The van der Waals surface area contributed by atoms with E-state index in [-0.39, 0.29) is 5.95 Å². The smallest absolute Gasteiger partial charge is 0.316 e. The van der Waals surface area contributed by atoms with Crippen LogP contribution in [0.25, 0.3) is 0 Å². The summed E-state index contributed by atoms with van der Waals surface area (Å²) in [4.78, 5) is 31.0. The van der Waals surface area contributed by atoms with Gasteiger partial charge >= 0.3 is 11.8 Å². The van der Waals surface area contributed by atoms with E-state index in [2.05, 4.69) is 20.6 Å². The van der Waals surface area contributed by atoms with E-state index in [9.17, 15) is 9.59 Å². The van der Waals surface area contributed by atoms with Crippen LogP contribution in [0.1, 0.15) is 5.56 Å². The molecule has 2 rings (SSSR count). The first-order valence-corrected chi connectivity index (χ1v) is 5.82. The van der Waals surface area contributed by atoms with Gasteiger partial charge in [-0.3, -0.25) is 14.9 Å². The lowest BCUT2D eigenvalue weighted by Gasteiger charge is -2.08. The molecule has 0 aliphatic carbocycles. The summed E-state index contributed by atoms with van der Waals surface area (Å²) in [6, 6.07) is 6.74. The van der Waals surface area contributed by atoms with E-state index in [1.165, 1.54) is 12.4 Å². The second-order valence-electron chi connectivity index (χ2n) is 4.07. The molecule has 0 fully saturated rings. The number of amides is 2. The SMILES string of the molecule is Cc1ccc(N)c(NC(=O)C(=O)Nc2ncccn2)c1. The highest BCUT2D eigenvalue weighted by atomic mass is 16.2. The number of nitrogen functional groups attached to an aromatic ring is 1. The van der Waals surface area contributed by atoms with E-state index >= 15 is 0 Å². The summed E-state index contributed by atoms with van der Waals surface area (Å²) in [6.07, 6.45) is 2.91. The molecule has 102 valence electrons. The quantitative estimate of drug-likeness (QED) is 0.556. The summed E-state index contributed by atoms with van der Waals surface area (Å²) in [5.74, 6) is -1.64. The first-order valence-electron chi connectivity index (χ1n) is 5.82. The zero-order chi connectivity index (χ0) is 14.5. The number of anilines is 3. The van der Waals surface area contributed by atoms with Crippen molar-refractivity contribution in [3.63, 3.8) is 0 Å². The van der Waals surface area contributed by atoms with E-state index in [0.29, 0.717) is 11.4 Å². The highest BCUT2D eigenvalue weighted by Gasteiger charge is 2.16. The number of aryl methyl sites for hydroxylation is 1. The normalized spacial score (nSPS) is 9.85. The van der Waals surface area contributed by atoms with Gasteiger partial charge in [-0.05, 0) is 30.7 Å². The maximum absolute atomic E-state index is 11.7. The fourth-order valence-electron chi connectivity index (χ4n) is 1.48. The minimum atomic E-state index is -0.864. The number of hydrogen-bond donors (Lipinski definition) is 3. The van der Waals surface area contributed by atoms with Crippen molar-refractivity contribution < 1.29 is 9.59 Å². The maximum Gasteiger partial charge on any atom is 0.316 e. The van der Waals surface area contributed by atoms with E-state index in [4.69, 9.17) is 5.73 Å². The highest BCUT2D eigenvalue weighted by molar-refractivity contribution is 6.43. The van der Waals surface area contributed by atoms with Crippen molar-refractivity contribution >= 4 is 29.1 Å². The molecule has 4 N–H and O–H groups in total. The molecule has 2 amide bonds. The van der Waals surface area contributed by atoms with Crippen LogP contribution in [-0.2, 0) is 9.59 Å². The second-order valence-corrected chi connectivity index (χ2v) is 4.07. The molecule has 0 bridgehead atoms. The average molecular weight is 271 g/mol. The molecule has 20 heavy (non-hydrogen) atoms. The third-order valence-corrected chi connectivity index (χ3v) is 2.45. The van der Waals surface area contributed by atoms with Crippen molar-refractivity contribution in [3.05, 3.63) is 42.2 Å². The summed E-state index contributed by atoms with van der Waals surface area (Å²) in [6.45, 7) is 1.85. The zero-order valence-corrected chi connectivity index (χ0v) is 10.8. The Morgan fingerprint density at radius 3 is 2.45 bits per heavy atom. The van der Waals surface area contributed by atoms with Gasteiger partial charge in [-0.2, -0.15) is 0 Å². The second kappa shape index (κ2) is 5.79. The minimum Gasteiger partial charge on any atom is -0.397 e. The number of benzene rings is 1. The Morgan fingerprint density at radius 2 is 1.75 bits per heavy atom. The molecule has 0 radical (unpaired) electrons. The lowest BCUT2D eigenvalue weighted by Crippen LogP contribution is -2.30. The van der Waals surface area contributed by atoms with Crippen LogP contribution in [0.15, 0.2) is 36.7 Å². The summed E-state index contributed by atoms with van der Waals surface area (Å²) in [5.41, 5.74) is 7.41. The van der Waals surface area contributed by atoms with Crippen LogP contribution in [0.5, 0.6) is 0 Å². The lowest BCUT2D eigenvalue weighted by molar-refractivity contribution is -0.133. The van der Waals surface area contributed by atoms with Crippen molar-refractivity contribution in [1.29, 1.82) is 0 Å². The molecule has 7 nitrogen and oxygen atoms in total. The number of hydrogen-bond acceptors (Lipinski definition) is 5. The van der Waals surface area contributed by atoms with E-state index in [1.807, 2.05) is 13.0 Å². The third kappa shape index (κ3) is 3.29. The summed E-state index contributed by atoms with van der Waals surface area (Å²) < 4.78 is 0. The number of aromatic nitrogens is 2. The van der Waals surface area contributed by atoms with Crippen LogP contribution >= 0.6 is 0 Å². The van der Waals surface area contributed by atoms with Gasteiger partial charge in [0, 0.05) is 12.4 Å². The van der Waals surface area contributed by atoms with Gasteiger partial charge in [-0.25, -0.2) is 9.97 Å². The molecular weight excluding hydrogens is 258 g/mol. The van der Waals surface area contributed by atoms with Crippen molar-refractivity contribution in [2.24, 2.45) is 0 Å². The largest absolute Gasteiger partial charge is 0.397 e. The van der Waals surface area contributed by atoms with Crippen LogP contribution < -0.4 is 16.4 Å². The van der Waals surface area contributed by atoms with Gasteiger partial charge in [-0.15, -0.1) is 0 Å². The molecule has 2 aromatic rings. The molecule has 0 aliphatic rings. The first-order chi connectivity index (χ1) is 9.56. The van der Waals surface area contributed by atoms with Crippen LogP contribution in [0.4, 0.5) is 17.3 Å². The van der Waals surface area contributed by atoms with E-state index in [0.717, 1.165) is 5.56 Å². The maximum atomic E-state index is 11.7. The minimum absolute atomic E-state index is 0.0601. The van der Waals surface area contributed by atoms with Gasteiger partial charge in [-0.1, -0.05) is 6.07 Å². The Hall–Kier alpha value is -2.96. The van der Waals surface area contributed by atoms with Crippen molar-refractivity contribution in [3.8, 4) is 0 Å². The number of rotatable bonds is 2. The lowest BCUT2D eigenvalue weighted by atomic mass is 10.2. The average Bonchev–Trinajstić information content (AvgIpc) is 2.44. The molecule has 7 heteroatoms. The van der Waals surface area contributed by atoms with Gasteiger partial charge < -0.3 is 11.1 Å². The summed E-state index contributed by atoms with van der Waals surface area (Å²) in [5, 5.41) is 4.72. The Kier molecular flexibility index (Phi) is 3.90. The van der Waals surface area contributed by atoms with Crippen molar-refractivity contribution in [2.75, 3.05) is 16.4 Å². The van der Waals surface area contributed by atoms with E-state index < -0.39 is 11.8 Å². The number of carbonyl (C=O) groups excluding carboxylic acids is 2. The standard InChI is InChI=1S/C13H13N5O2/c1-8-3-4-9(14)10(7-8)17-11(19)12(20)18-13-15-5-2-6-16-13/h2-7H,14H2,1H3,(H,17,19)(H,15,16,18,20). The molecule has 0 saturated carbocycles.